The molecule has 1 amide bonds. The summed E-state index contributed by atoms with van der Waals surface area (Å²) in [5.74, 6) is -0.281. The highest BCUT2D eigenvalue weighted by molar-refractivity contribution is 5.76. The van der Waals surface area contributed by atoms with Crippen molar-refractivity contribution >= 4 is 5.91 Å². The molecule has 9 heteroatoms. The van der Waals surface area contributed by atoms with E-state index in [9.17, 15) is 30.3 Å². The van der Waals surface area contributed by atoms with Crippen LogP contribution < -0.4 is 5.32 Å². The zero-order valence-electron chi connectivity index (χ0n) is 27.1. The fourth-order valence-electron chi connectivity index (χ4n) is 4.38. The number of allylic oxidation sites excluding steroid dienone is 13. The van der Waals surface area contributed by atoms with Gasteiger partial charge in [-0.25, -0.2) is 0 Å². The Morgan fingerprint density at radius 2 is 1.33 bits per heavy atom. The van der Waals surface area contributed by atoms with Gasteiger partial charge in [-0.15, -0.1) is 0 Å². The topological polar surface area (TPSA) is 149 Å². The van der Waals surface area contributed by atoms with E-state index in [1.54, 1.807) is 6.08 Å². The molecule has 9 nitrogen and oxygen atoms in total. The molecule has 0 spiro atoms. The molecule has 1 aliphatic heterocycles. The number of unbranched alkanes of at least 4 members (excludes halogenated alkanes) is 2. The zero-order valence-corrected chi connectivity index (χ0v) is 27.1. The summed E-state index contributed by atoms with van der Waals surface area (Å²) in [6.45, 7) is 3.28. The molecule has 7 unspecified atom stereocenters. The second kappa shape index (κ2) is 26.6. The molecular weight excluding hydrogens is 574 g/mol. The summed E-state index contributed by atoms with van der Waals surface area (Å²) in [6, 6.07) is -0.866. The van der Waals surface area contributed by atoms with Crippen LogP contribution in [0.1, 0.15) is 78.1 Å². The SMILES string of the molecule is C/C=C/CC/C=C/CC/C=C/C(O)C(COC1OC(CO)C(O)C(O)C1O)NC(=O)CC/C=C\C/C=C\C/C=C\C/C=C\CC. The van der Waals surface area contributed by atoms with Gasteiger partial charge in [0.2, 0.25) is 5.91 Å². The van der Waals surface area contributed by atoms with Crippen LogP contribution in [0.2, 0.25) is 0 Å². The molecular formula is C36H57NO8. The molecule has 1 fully saturated rings. The average molecular weight is 632 g/mol. The summed E-state index contributed by atoms with van der Waals surface area (Å²) in [7, 11) is 0. The fraction of sp³-hybridized carbons (Fsp3) is 0.583. The average Bonchev–Trinajstić information content (AvgIpc) is 3.04. The van der Waals surface area contributed by atoms with E-state index in [-0.39, 0.29) is 18.9 Å². The van der Waals surface area contributed by atoms with Gasteiger partial charge in [-0.3, -0.25) is 4.79 Å². The van der Waals surface area contributed by atoms with E-state index in [0.717, 1.165) is 44.9 Å². The Balaban J connectivity index is 2.62. The van der Waals surface area contributed by atoms with Gasteiger partial charge in [-0.2, -0.15) is 0 Å². The van der Waals surface area contributed by atoms with Crippen LogP contribution in [-0.2, 0) is 14.3 Å². The van der Waals surface area contributed by atoms with E-state index < -0.39 is 49.5 Å². The molecule has 0 saturated carbocycles. The van der Waals surface area contributed by atoms with Gasteiger partial charge in [-0.05, 0) is 64.7 Å². The lowest BCUT2D eigenvalue weighted by atomic mass is 9.99. The largest absolute Gasteiger partial charge is 0.394 e. The van der Waals surface area contributed by atoms with Crippen LogP contribution in [0.15, 0.2) is 85.1 Å². The van der Waals surface area contributed by atoms with Crippen LogP contribution in [0.25, 0.3) is 0 Å². The predicted molar refractivity (Wildman–Crippen MR) is 179 cm³/mol. The van der Waals surface area contributed by atoms with Crippen LogP contribution in [0.4, 0.5) is 0 Å². The number of ether oxygens (including phenoxy) is 2. The first-order chi connectivity index (χ1) is 21.8. The van der Waals surface area contributed by atoms with Crippen molar-refractivity contribution < 1.29 is 39.8 Å². The maximum atomic E-state index is 12.7. The Morgan fingerprint density at radius 1 is 0.778 bits per heavy atom. The highest BCUT2D eigenvalue weighted by Gasteiger charge is 2.44. The Bertz CT molecular complexity index is 968. The van der Waals surface area contributed by atoms with E-state index >= 15 is 0 Å². The van der Waals surface area contributed by atoms with Crippen molar-refractivity contribution in [1.29, 1.82) is 0 Å². The van der Waals surface area contributed by atoms with E-state index in [1.807, 2.05) is 31.2 Å². The van der Waals surface area contributed by atoms with Gasteiger partial charge in [0.1, 0.15) is 24.4 Å². The molecule has 0 aromatic carbocycles. The quantitative estimate of drug-likeness (QED) is 0.0714. The second-order valence-electron chi connectivity index (χ2n) is 10.9. The van der Waals surface area contributed by atoms with Gasteiger partial charge in [0.15, 0.2) is 6.29 Å². The fourth-order valence-corrected chi connectivity index (χ4v) is 4.38. The van der Waals surface area contributed by atoms with E-state index in [2.05, 4.69) is 66.9 Å². The van der Waals surface area contributed by atoms with Gasteiger partial charge in [0.25, 0.3) is 0 Å². The maximum absolute atomic E-state index is 12.7. The number of nitrogens with one attached hydrogen (secondary N) is 1. The predicted octanol–water partition coefficient (Wildman–Crippen LogP) is 4.48. The van der Waals surface area contributed by atoms with Crippen LogP contribution >= 0.6 is 0 Å². The van der Waals surface area contributed by atoms with Crippen molar-refractivity contribution in [2.45, 2.75) is 121 Å². The summed E-state index contributed by atoms with van der Waals surface area (Å²) in [5.41, 5.74) is 0. The molecule has 0 aromatic heterocycles. The molecule has 1 rings (SSSR count). The number of amides is 1. The number of hydrogen-bond donors (Lipinski definition) is 6. The number of carbonyl (C=O) groups is 1. The number of aliphatic hydroxyl groups is 5. The van der Waals surface area contributed by atoms with Gasteiger partial charge >= 0.3 is 0 Å². The molecule has 0 aliphatic carbocycles. The Labute approximate surface area is 270 Å². The van der Waals surface area contributed by atoms with Crippen LogP contribution in [-0.4, -0.2) is 87.5 Å². The summed E-state index contributed by atoms with van der Waals surface area (Å²) in [5, 5.41) is 53.5. The normalized spacial score (nSPS) is 24.5. The molecule has 7 atom stereocenters. The van der Waals surface area contributed by atoms with Crippen molar-refractivity contribution in [2.24, 2.45) is 0 Å². The molecule has 254 valence electrons. The monoisotopic (exact) mass is 631 g/mol. The minimum absolute atomic E-state index is 0.208. The summed E-state index contributed by atoms with van der Waals surface area (Å²) in [6.07, 6.45) is 28.1. The maximum Gasteiger partial charge on any atom is 0.220 e. The van der Waals surface area contributed by atoms with Crippen molar-refractivity contribution in [3.8, 4) is 0 Å². The molecule has 1 heterocycles. The van der Waals surface area contributed by atoms with Gasteiger partial charge < -0.3 is 40.3 Å². The molecule has 1 saturated heterocycles. The van der Waals surface area contributed by atoms with Crippen LogP contribution in [0.3, 0.4) is 0 Å². The van der Waals surface area contributed by atoms with Crippen molar-refractivity contribution in [3.63, 3.8) is 0 Å². The molecule has 45 heavy (non-hydrogen) atoms. The van der Waals surface area contributed by atoms with E-state index in [4.69, 9.17) is 9.47 Å². The molecule has 0 aromatic rings. The number of rotatable bonds is 23. The lowest BCUT2D eigenvalue weighted by molar-refractivity contribution is -0.302. The minimum atomic E-state index is -1.59. The van der Waals surface area contributed by atoms with Gasteiger partial charge in [0.05, 0.1) is 25.4 Å². The highest BCUT2D eigenvalue weighted by atomic mass is 16.7. The standard InChI is InChI=1S/C36H57NO8/c1-3-5-7-9-11-13-14-15-16-18-20-22-24-26-32(40)37-29(30(39)25-23-21-19-17-12-10-8-6-4-2)28-44-36-35(43)34(42)33(41)31(27-38)45-36/h4-7,11-13,15-17,20,22-23,25,29-31,33-36,38-39,41-43H,3,8-10,14,18-19,21,24,26-28H2,1-2H3,(H,37,40)/b6-4+,7-5-,13-11-,16-15-,17-12+,22-20-,25-23+. The number of carbonyl (C=O) groups excluding carboxylic acids is 1. The first-order valence-corrected chi connectivity index (χ1v) is 16.3. The third-order valence-corrected chi connectivity index (χ3v) is 7.04. The Hall–Kier alpha value is -2.63. The lowest BCUT2D eigenvalue weighted by Gasteiger charge is -2.40. The first kappa shape index (κ1) is 40.4. The van der Waals surface area contributed by atoms with E-state index in [0.29, 0.717) is 12.8 Å². The number of hydrogen-bond acceptors (Lipinski definition) is 8. The first-order valence-electron chi connectivity index (χ1n) is 16.3. The number of aliphatic hydroxyl groups excluding tert-OH is 5. The molecule has 0 bridgehead atoms. The molecule has 1 aliphatic rings. The second-order valence-corrected chi connectivity index (χ2v) is 10.9. The van der Waals surface area contributed by atoms with Gasteiger partial charge in [-0.1, -0.05) is 92.0 Å². The van der Waals surface area contributed by atoms with Crippen molar-refractivity contribution in [3.05, 3.63) is 85.1 Å². The minimum Gasteiger partial charge on any atom is -0.394 e. The Morgan fingerprint density at radius 3 is 1.93 bits per heavy atom. The molecule has 6 N–H and O–H groups in total. The van der Waals surface area contributed by atoms with E-state index in [1.165, 1.54) is 0 Å². The van der Waals surface area contributed by atoms with Crippen molar-refractivity contribution in [2.75, 3.05) is 13.2 Å². The summed E-state index contributed by atoms with van der Waals surface area (Å²) >= 11 is 0. The molecule has 0 radical (unpaired) electrons. The summed E-state index contributed by atoms with van der Waals surface area (Å²) in [4.78, 5) is 12.7. The van der Waals surface area contributed by atoms with Crippen LogP contribution in [0.5, 0.6) is 0 Å². The van der Waals surface area contributed by atoms with Gasteiger partial charge in [0, 0.05) is 6.42 Å². The zero-order chi connectivity index (χ0) is 33.1. The lowest BCUT2D eigenvalue weighted by Crippen LogP contribution is -2.60. The van der Waals surface area contributed by atoms with Crippen molar-refractivity contribution in [1.82, 2.24) is 5.32 Å². The Kier molecular flexibility index (Phi) is 23.9. The third kappa shape index (κ3) is 18.8. The van der Waals surface area contributed by atoms with Crippen LogP contribution in [0, 0.1) is 0 Å². The smallest absolute Gasteiger partial charge is 0.220 e. The summed E-state index contributed by atoms with van der Waals surface area (Å²) < 4.78 is 11.0. The third-order valence-electron chi connectivity index (χ3n) is 7.04. The highest BCUT2D eigenvalue weighted by Crippen LogP contribution is 2.22.